The second-order valence-electron chi connectivity index (χ2n) is 5.93. The molecule has 0 atom stereocenters. The number of hydrogen-bond acceptors (Lipinski definition) is 4. The minimum atomic E-state index is 0.673. The van der Waals surface area contributed by atoms with E-state index in [9.17, 15) is 0 Å². The molecule has 0 amide bonds. The maximum atomic E-state index is 5.35. The largest absolute Gasteiger partial charge is 0.497 e. The molecule has 0 radical (unpaired) electrons. The van der Waals surface area contributed by atoms with Gasteiger partial charge in [-0.05, 0) is 57.5 Å². The van der Waals surface area contributed by atoms with Crippen molar-refractivity contribution in [2.24, 2.45) is 0 Å². The lowest BCUT2D eigenvalue weighted by Gasteiger charge is -2.34. The highest BCUT2D eigenvalue weighted by atomic mass is 16.5. The smallest absolute Gasteiger partial charge is 0.122 e. The molecule has 4 nitrogen and oxygen atoms in total. The molecule has 0 saturated heterocycles. The van der Waals surface area contributed by atoms with Gasteiger partial charge in [0.1, 0.15) is 11.5 Å². The lowest BCUT2D eigenvalue weighted by Crippen LogP contribution is -2.39. The topological polar surface area (TPSA) is 33.7 Å². The van der Waals surface area contributed by atoms with Crippen molar-refractivity contribution in [3.63, 3.8) is 0 Å². The fraction of sp³-hybridized carbons (Fsp3) is 0.647. The lowest BCUT2D eigenvalue weighted by atomic mass is 9.90. The van der Waals surface area contributed by atoms with Gasteiger partial charge in [0.15, 0.2) is 0 Å². The van der Waals surface area contributed by atoms with Crippen molar-refractivity contribution in [2.75, 3.05) is 28.3 Å². The number of benzene rings is 1. The average molecular weight is 292 g/mol. The van der Waals surface area contributed by atoms with Crippen molar-refractivity contribution < 1.29 is 9.47 Å². The molecule has 0 heterocycles. The fourth-order valence-electron chi connectivity index (χ4n) is 3.18. The van der Waals surface area contributed by atoms with Gasteiger partial charge in [0.25, 0.3) is 0 Å². The van der Waals surface area contributed by atoms with Crippen LogP contribution >= 0.6 is 0 Å². The molecule has 1 aliphatic rings. The van der Waals surface area contributed by atoms with E-state index in [2.05, 4.69) is 36.4 Å². The predicted octanol–water partition coefficient (Wildman–Crippen LogP) is 2.67. The van der Waals surface area contributed by atoms with Crippen LogP contribution in [0.2, 0.25) is 0 Å². The zero-order valence-corrected chi connectivity index (χ0v) is 13.7. The van der Waals surface area contributed by atoms with Gasteiger partial charge in [0, 0.05) is 24.7 Å². The van der Waals surface area contributed by atoms with Gasteiger partial charge in [-0.3, -0.25) is 4.90 Å². The van der Waals surface area contributed by atoms with Crippen molar-refractivity contribution in [1.82, 2.24) is 10.2 Å². The molecule has 0 aliphatic heterocycles. The first-order valence-corrected chi connectivity index (χ1v) is 7.75. The van der Waals surface area contributed by atoms with Gasteiger partial charge in [-0.25, -0.2) is 0 Å². The number of rotatable bonds is 6. The average Bonchev–Trinajstić information content (AvgIpc) is 2.54. The summed E-state index contributed by atoms with van der Waals surface area (Å²) >= 11 is 0. The van der Waals surface area contributed by atoms with Crippen LogP contribution < -0.4 is 14.8 Å². The van der Waals surface area contributed by atoms with Gasteiger partial charge in [-0.1, -0.05) is 0 Å². The minimum absolute atomic E-state index is 0.673. The maximum absolute atomic E-state index is 5.35. The van der Waals surface area contributed by atoms with Gasteiger partial charge in [-0.15, -0.1) is 0 Å². The normalized spacial score (nSPS) is 22.3. The van der Waals surface area contributed by atoms with Gasteiger partial charge in [0.2, 0.25) is 0 Å². The van der Waals surface area contributed by atoms with Crippen LogP contribution in [0.15, 0.2) is 18.2 Å². The molecule has 118 valence electrons. The zero-order valence-electron chi connectivity index (χ0n) is 13.7. The second kappa shape index (κ2) is 7.66. The van der Waals surface area contributed by atoms with Crippen molar-refractivity contribution in [1.29, 1.82) is 0 Å². The van der Waals surface area contributed by atoms with Crippen molar-refractivity contribution in [2.45, 2.75) is 44.3 Å². The van der Waals surface area contributed by atoms with E-state index in [1.54, 1.807) is 14.2 Å². The van der Waals surface area contributed by atoms with Crippen LogP contribution in [0, 0.1) is 0 Å². The monoisotopic (exact) mass is 292 g/mol. The summed E-state index contributed by atoms with van der Waals surface area (Å²) in [6.45, 7) is 0.933. The van der Waals surface area contributed by atoms with E-state index in [1.165, 1.54) is 31.2 Å². The third-order valence-electron chi connectivity index (χ3n) is 4.57. The summed E-state index contributed by atoms with van der Waals surface area (Å²) in [4.78, 5) is 2.46. The Bertz CT molecular complexity index is 420. The summed E-state index contributed by atoms with van der Waals surface area (Å²) < 4.78 is 10.7. The molecule has 1 N–H and O–H groups in total. The molecule has 1 aliphatic carbocycles. The SMILES string of the molecule is CNC1CCC(N(C)Cc2cc(OC)cc(OC)c2)CC1. The van der Waals surface area contributed by atoms with Crippen LogP contribution in [0.4, 0.5) is 0 Å². The second-order valence-corrected chi connectivity index (χ2v) is 5.93. The number of nitrogens with one attached hydrogen (secondary N) is 1. The summed E-state index contributed by atoms with van der Waals surface area (Å²) in [5, 5.41) is 3.39. The maximum Gasteiger partial charge on any atom is 0.122 e. The third kappa shape index (κ3) is 4.35. The molecular formula is C17H28N2O2. The first-order valence-electron chi connectivity index (χ1n) is 7.75. The van der Waals surface area contributed by atoms with Gasteiger partial charge in [0.05, 0.1) is 14.2 Å². The molecule has 1 saturated carbocycles. The molecule has 1 aromatic carbocycles. The third-order valence-corrected chi connectivity index (χ3v) is 4.57. The fourth-order valence-corrected chi connectivity index (χ4v) is 3.18. The highest BCUT2D eigenvalue weighted by molar-refractivity contribution is 5.38. The van der Waals surface area contributed by atoms with Gasteiger partial charge in [-0.2, -0.15) is 0 Å². The van der Waals surface area contributed by atoms with Crippen LogP contribution in [0.25, 0.3) is 0 Å². The zero-order chi connectivity index (χ0) is 15.2. The first-order chi connectivity index (χ1) is 10.2. The Balaban J connectivity index is 1.97. The highest BCUT2D eigenvalue weighted by Crippen LogP contribution is 2.26. The molecule has 0 bridgehead atoms. The summed E-state index contributed by atoms with van der Waals surface area (Å²) in [6.07, 6.45) is 5.08. The molecule has 0 spiro atoms. The summed E-state index contributed by atoms with van der Waals surface area (Å²) in [7, 11) is 7.68. The number of nitrogens with zero attached hydrogens (tertiary/aromatic N) is 1. The minimum Gasteiger partial charge on any atom is -0.497 e. The van der Waals surface area contributed by atoms with E-state index >= 15 is 0 Å². The van der Waals surface area contributed by atoms with Crippen LogP contribution in [0.1, 0.15) is 31.2 Å². The highest BCUT2D eigenvalue weighted by Gasteiger charge is 2.23. The van der Waals surface area contributed by atoms with E-state index in [0.717, 1.165) is 18.0 Å². The van der Waals surface area contributed by atoms with E-state index in [0.29, 0.717) is 12.1 Å². The van der Waals surface area contributed by atoms with Crippen molar-refractivity contribution >= 4 is 0 Å². The van der Waals surface area contributed by atoms with Crippen LogP contribution in [-0.4, -0.2) is 45.3 Å². The quantitative estimate of drug-likeness (QED) is 0.874. The Morgan fingerprint density at radius 1 is 1.05 bits per heavy atom. The molecule has 0 unspecified atom stereocenters. The van der Waals surface area contributed by atoms with Gasteiger partial charge < -0.3 is 14.8 Å². The Labute approximate surface area is 128 Å². The van der Waals surface area contributed by atoms with E-state index in [1.807, 2.05) is 6.07 Å². The van der Waals surface area contributed by atoms with E-state index in [-0.39, 0.29) is 0 Å². The number of ether oxygens (including phenoxy) is 2. The van der Waals surface area contributed by atoms with E-state index in [4.69, 9.17) is 9.47 Å². The Morgan fingerprint density at radius 3 is 2.10 bits per heavy atom. The van der Waals surface area contributed by atoms with E-state index < -0.39 is 0 Å². The lowest BCUT2D eigenvalue weighted by molar-refractivity contribution is 0.169. The number of methoxy groups -OCH3 is 2. The van der Waals surface area contributed by atoms with Crippen molar-refractivity contribution in [3.8, 4) is 11.5 Å². The Kier molecular flexibility index (Phi) is 5.88. The standard InChI is InChI=1S/C17H28N2O2/c1-18-14-5-7-15(8-6-14)19(2)12-13-9-16(20-3)11-17(10-13)21-4/h9-11,14-15,18H,5-8,12H2,1-4H3. The first kappa shape index (κ1) is 16.1. The summed E-state index contributed by atoms with van der Waals surface area (Å²) in [5.74, 6) is 1.72. The molecule has 4 heteroatoms. The molecule has 2 rings (SSSR count). The van der Waals surface area contributed by atoms with Crippen LogP contribution in [-0.2, 0) is 6.54 Å². The van der Waals surface area contributed by atoms with Crippen LogP contribution in [0.3, 0.4) is 0 Å². The molecular weight excluding hydrogens is 264 g/mol. The van der Waals surface area contributed by atoms with Gasteiger partial charge >= 0.3 is 0 Å². The molecule has 21 heavy (non-hydrogen) atoms. The number of hydrogen-bond donors (Lipinski definition) is 1. The molecule has 1 fully saturated rings. The van der Waals surface area contributed by atoms with Crippen LogP contribution in [0.5, 0.6) is 11.5 Å². The Hall–Kier alpha value is -1.26. The van der Waals surface area contributed by atoms with Crippen molar-refractivity contribution in [3.05, 3.63) is 23.8 Å². The Morgan fingerprint density at radius 2 is 1.62 bits per heavy atom. The molecule has 0 aromatic heterocycles. The molecule has 1 aromatic rings. The summed E-state index contributed by atoms with van der Waals surface area (Å²) in [5.41, 5.74) is 1.24. The summed E-state index contributed by atoms with van der Waals surface area (Å²) in [6, 6.07) is 7.48. The predicted molar refractivity (Wildman–Crippen MR) is 86.1 cm³/mol.